The highest BCUT2D eigenvalue weighted by molar-refractivity contribution is 7.99. The van der Waals surface area contributed by atoms with E-state index in [-0.39, 0.29) is 0 Å². The number of anilines is 1. The van der Waals surface area contributed by atoms with Crippen molar-refractivity contribution in [1.29, 1.82) is 0 Å². The third-order valence-electron chi connectivity index (χ3n) is 4.63. The van der Waals surface area contributed by atoms with Crippen molar-refractivity contribution < 1.29 is 0 Å². The van der Waals surface area contributed by atoms with Gasteiger partial charge in [-0.05, 0) is 49.0 Å². The standard InChI is InChI=1S/C14H20N2S/c1-3-14(12-8-15-9-13(12)14)10-5-4-6-11(7-10)16-17-2/h4-7,12-13,15-16H,3,8-9H2,1-2H3. The fraction of sp³-hybridized carbons (Fsp3) is 0.571. The molecule has 1 saturated heterocycles. The van der Waals surface area contributed by atoms with Gasteiger partial charge < -0.3 is 10.0 Å². The van der Waals surface area contributed by atoms with E-state index in [1.165, 1.54) is 30.8 Å². The van der Waals surface area contributed by atoms with Gasteiger partial charge in [-0.15, -0.1) is 0 Å². The molecule has 1 aliphatic heterocycles. The summed E-state index contributed by atoms with van der Waals surface area (Å²) < 4.78 is 3.34. The first-order valence-electron chi connectivity index (χ1n) is 6.43. The summed E-state index contributed by atoms with van der Waals surface area (Å²) in [5, 5.41) is 3.50. The van der Waals surface area contributed by atoms with Crippen LogP contribution < -0.4 is 10.0 Å². The Kier molecular flexibility index (Phi) is 2.83. The zero-order valence-corrected chi connectivity index (χ0v) is 11.3. The molecule has 1 aliphatic carbocycles. The number of fused-ring (bicyclic) bond motifs is 1. The molecule has 0 aromatic heterocycles. The summed E-state index contributed by atoms with van der Waals surface area (Å²) in [6.45, 7) is 4.75. The fourth-order valence-electron chi connectivity index (χ4n) is 3.79. The summed E-state index contributed by atoms with van der Waals surface area (Å²) in [6, 6.07) is 9.00. The molecule has 17 heavy (non-hydrogen) atoms. The summed E-state index contributed by atoms with van der Waals surface area (Å²) in [5.74, 6) is 1.74. The molecular formula is C14H20N2S. The van der Waals surface area contributed by atoms with Crippen LogP contribution in [0.15, 0.2) is 24.3 Å². The zero-order chi connectivity index (χ0) is 11.9. The summed E-state index contributed by atoms with van der Waals surface area (Å²) in [4.78, 5) is 0. The Hall–Kier alpha value is -0.670. The van der Waals surface area contributed by atoms with E-state index in [1.54, 1.807) is 11.9 Å². The van der Waals surface area contributed by atoms with Gasteiger partial charge in [0.1, 0.15) is 0 Å². The largest absolute Gasteiger partial charge is 0.330 e. The van der Waals surface area contributed by atoms with Gasteiger partial charge in [-0.2, -0.15) is 0 Å². The maximum absolute atomic E-state index is 3.50. The number of piperidine rings is 1. The predicted octanol–water partition coefficient (Wildman–Crippen LogP) is 2.87. The second-order valence-electron chi connectivity index (χ2n) is 5.15. The van der Waals surface area contributed by atoms with Crippen LogP contribution in [0.5, 0.6) is 0 Å². The highest BCUT2D eigenvalue weighted by Gasteiger charge is 2.65. The average Bonchev–Trinajstić information content (AvgIpc) is 2.71. The van der Waals surface area contributed by atoms with Crippen LogP contribution in [0.4, 0.5) is 5.69 Å². The average molecular weight is 248 g/mol. The first-order valence-corrected chi connectivity index (χ1v) is 7.65. The fourth-order valence-corrected chi connectivity index (χ4v) is 4.16. The lowest BCUT2D eigenvalue weighted by atomic mass is 9.87. The molecule has 0 radical (unpaired) electrons. The van der Waals surface area contributed by atoms with Gasteiger partial charge in [0, 0.05) is 17.4 Å². The van der Waals surface area contributed by atoms with E-state index in [2.05, 4.69) is 47.5 Å². The molecule has 0 amide bonds. The van der Waals surface area contributed by atoms with Crippen LogP contribution in [0, 0.1) is 11.8 Å². The van der Waals surface area contributed by atoms with Gasteiger partial charge in [0.25, 0.3) is 0 Å². The van der Waals surface area contributed by atoms with Crippen molar-refractivity contribution in [1.82, 2.24) is 5.32 Å². The Morgan fingerprint density at radius 2 is 2.18 bits per heavy atom. The van der Waals surface area contributed by atoms with Crippen molar-refractivity contribution in [3.63, 3.8) is 0 Å². The third kappa shape index (κ3) is 1.59. The van der Waals surface area contributed by atoms with Gasteiger partial charge in [-0.25, -0.2) is 0 Å². The molecule has 0 bridgehead atoms. The molecule has 3 rings (SSSR count). The number of hydrogen-bond donors (Lipinski definition) is 2. The van der Waals surface area contributed by atoms with Crippen LogP contribution in [0.1, 0.15) is 18.9 Å². The Balaban J connectivity index is 1.90. The number of benzene rings is 1. The summed E-state index contributed by atoms with van der Waals surface area (Å²) in [5.41, 5.74) is 3.25. The molecule has 1 aromatic carbocycles. The van der Waals surface area contributed by atoms with E-state index in [4.69, 9.17) is 0 Å². The SMILES string of the molecule is CCC1(c2cccc(NSC)c2)C2CNCC21. The molecule has 0 spiro atoms. The van der Waals surface area contributed by atoms with Gasteiger partial charge in [0.2, 0.25) is 0 Å². The lowest BCUT2D eigenvalue weighted by Crippen LogP contribution is -2.24. The molecule has 92 valence electrons. The maximum atomic E-state index is 3.50. The third-order valence-corrected chi connectivity index (χ3v) is 5.07. The van der Waals surface area contributed by atoms with Crippen molar-refractivity contribution in [3.8, 4) is 0 Å². The molecule has 2 aliphatic rings. The van der Waals surface area contributed by atoms with E-state index < -0.39 is 0 Å². The zero-order valence-electron chi connectivity index (χ0n) is 10.5. The minimum absolute atomic E-state index is 0.474. The van der Waals surface area contributed by atoms with Crippen molar-refractivity contribution in [2.75, 3.05) is 24.1 Å². The molecule has 1 saturated carbocycles. The molecule has 2 N–H and O–H groups in total. The molecule has 2 unspecified atom stereocenters. The van der Waals surface area contributed by atoms with Gasteiger partial charge in [-0.1, -0.05) is 31.0 Å². The Morgan fingerprint density at radius 1 is 1.41 bits per heavy atom. The summed E-state index contributed by atoms with van der Waals surface area (Å²) in [7, 11) is 0. The number of rotatable bonds is 4. The van der Waals surface area contributed by atoms with Gasteiger partial charge in [-0.3, -0.25) is 0 Å². The van der Waals surface area contributed by atoms with Crippen LogP contribution >= 0.6 is 11.9 Å². The molecule has 2 atom stereocenters. The molecule has 2 fully saturated rings. The van der Waals surface area contributed by atoms with E-state index >= 15 is 0 Å². The minimum atomic E-state index is 0.474. The summed E-state index contributed by atoms with van der Waals surface area (Å²) >= 11 is 1.66. The van der Waals surface area contributed by atoms with E-state index in [0.29, 0.717) is 5.41 Å². The van der Waals surface area contributed by atoms with Crippen molar-refractivity contribution >= 4 is 17.6 Å². The lowest BCUT2D eigenvalue weighted by molar-refractivity contribution is 0.502. The van der Waals surface area contributed by atoms with Crippen LogP contribution in [0.3, 0.4) is 0 Å². The highest BCUT2D eigenvalue weighted by atomic mass is 32.2. The first kappa shape index (κ1) is 11.4. The highest BCUT2D eigenvalue weighted by Crippen LogP contribution is 2.63. The normalized spacial score (nSPS) is 34.5. The van der Waals surface area contributed by atoms with Crippen molar-refractivity contribution in [2.45, 2.75) is 18.8 Å². The predicted molar refractivity (Wildman–Crippen MR) is 75.4 cm³/mol. The lowest BCUT2D eigenvalue weighted by Gasteiger charge is -2.21. The monoisotopic (exact) mass is 248 g/mol. The quantitative estimate of drug-likeness (QED) is 0.801. The van der Waals surface area contributed by atoms with E-state index in [0.717, 1.165) is 11.8 Å². The molecule has 1 aromatic rings. The Labute approximate surface area is 108 Å². The van der Waals surface area contributed by atoms with E-state index in [1.807, 2.05) is 0 Å². The van der Waals surface area contributed by atoms with Crippen molar-refractivity contribution in [2.24, 2.45) is 11.8 Å². The van der Waals surface area contributed by atoms with Gasteiger partial charge in [0.05, 0.1) is 0 Å². The first-order chi connectivity index (χ1) is 8.32. The van der Waals surface area contributed by atoms with Crippen LogP contribution in [0.25, 0.3) is 0 Å². The van der Waals surface area contributed by atoms with E-state index in [9.17, 15) is 0 Å². The number of hydrogen-bond acceptors (Lipinski definition) is 3. The second kappa shape index (κ2) is 4.21. The molecule has 2 nitrogen and oxygen atoms in total. The van der Waals surface area contributed by atoms with Crippen LogP contribution in [-0.2, 0) is 5.41 Å². The Morgan fingerprint density at radius 3 is 2.82 bits per heavy atom. The summed E-state index contributed by atoms with van der Waals surface area (Å²) in [6.07, 6.45) is 3.34. The molecule has 3 heteroatoms. The minimum Gasteiger partial charge on any atom is -0.330 e. The van der Waals surface area contributed by atoms with Gasteiger partial charge in [0.15, 0.2) is 0 Å². The number of nitrogens with one attached hydrogen (secondary N) is 2. The topological polar surface area (TPSA) is 24.1 Å². The Bertz CT molecular complexity index is 408. The van der Waals surface area contributed by atoms with Crippen LogP contribution in [0.2, 0.25) is 0 Å². The van der Waals surface area contributed by atoms with Crippen LogP contribution in [-0.4, -0.2) is 19.3 Å². The van der Waals surface area contributed by atoms with Crippen molar-refractivity contribution in [3.05, 3.63) is 29.8 Å². The second-order valence-corrected chi connectivity index (χ2v) is 5.76. The van der Waals surface area contributed by atoms with Gasteiger partial charge >= 0.3 is 0 Å². The smallest absolute Gasteiger partial charge is 0.0442 e. The molecular weight excluding hydrogens is 228 g/mol. The maximum Gasteiger partial charge on any atom is 0.0442 e. The molecule has 1 heterocycles.